The highest BCUT2D eigenvalue weighted by Crippen LogP contribution is 2.49. The van der Waals surface area contributed by atoms with Gasteiger partial charge in [0.25, 0.3) is 6.43 Å². The van der Waals surface area contributed by atoms with Gasteiger partial charge in [-0.05, 0) is 60.4 Å². The SMILES string of the molecule is COc1nccc2c([C@H](Nc3cc(Cl)c4ncc(C#N)c(NCC(C)(C)C)c4c3)C3=C(C)N(C4(C(F)F)CC4)NN3)cccc12. The molecular weight excluding hydrogens is 598 g/mol. The van der Waals surface area contributed by atoms with Gasteiger partial charge < -0.3 is 20.8 Å². The molecule has 2 aromatic carbocycles. The first-order chi connectivity index (χ1) is 21.5. The number of nitriles is 1. The predicted molar refractivity (Wildman–Crippen MR) is 173 cm³/mol. The number of nitrogens with one attached hydrogen (secondary N) is 4. The van der Waals surface area contributed by atoms with E-state index in [4.69, 9.17) is 16.3 Å². The van der Waals surface area contributed by atoms with Gasteiger partial charge in [0.2, 0.25) is 5.88 Å². The van der Waals surface area contributed by atoms with E-state index in [0.29, 0.717) is 69.5 Å². The summed E-state index contributed by atoms with van der Waals surface area (Å²) in [6.45, 7) is 8.77. The summed E-state index contributed by atoms with van der Waals surface area (Å²) >= 11 is 6.83. The summed E-state index contributed by atoms with van der Waals surface area (Å²) in [4.78, 5) is 8.86. The summed E-state index contributed by atoms with van der Waals surface area (Å²) in [6.07, 6.45) is 1.47. The first kappa shape index (κ1) is 30.6. The number of hydrazine groups is 2. The van der Waals surface area contributed by atoms with E-state index in [1.165, 1.54) is 6.20 Å². The molecule has 2 aromatic heterocycles. The number of fused-ring (bicyclic) bond motifs is 2. The largest absolute Gasteiger partial charge is 0.481 e. The fraction of sp³-hybridized carbons (Fsp3) is 0.364. The molecule has 0 unspecified atom stereocenters. The van der Waals surface area contributed by atoms with E-state index in [-0.39, 0.29) is 5.41 Å². The van der Waals surface area contributed by atoms with Crippen molar-refractivity contribution in [3.8, 4) is 11.9 Å². The Balaban J connectivity index is 1.51. The van der Waals surface area contributed by atoms with Crippen molar-refractivity contribution in [1.29, 1.82) is 5.26 Å². The maximum Gasteiger partial charge on any atom is 0.262 e. The van der Waals surface area contributed by atoms with Gasteiger partial charge in [0.1, 0.15) is 11.6 Å². The van der Waals surface area contributed by atoms with Crippen LogP contribution in [0.3, 0.4) is 0 Å². The van der Waals surface area contributed by atoms with Gasteiger partial charge >= 0.3 is 0 Å². The Hall–Kier alpha value is -4.40. The molecule has 4 N–H and O–H groups in total. The number of methoxy groups -OCH3 is 1. The number of hydrogen-bond donors (Lipinski definition) is 4. The highest BCUT2D eigenvalue weighted by atomic mass is 35.5. The Morgan fingerprint density at radius 1 is 1.16 bits per heavy atom. The number of alkyl halides is 2. The minimum Gasteiger partial charge on any atom is -0.481 e. The molecule has 2 aliphatic rings. The van der Waals surface area contributed by atoms with E-state index in [1.54, 1.807) is 24.4 Å². The molecule has 0 radical (unpaired) electrons. The van der Waals surface area contributed by atoms with Crippen LogP contribution in [0.5, 0.6) is 5.88 Å². The molecule has 1 aliphatic carbocycles. The Kier molecular flexibility index (Phi) is 7.83. The summed E-state index contributed by atoms with van der Waals surface area (Å²) in [6, 6.07) is 13.1. The third kappa shape index (κ3) is 5.53. The summed E-state index contributed by atoms with van der Waals surface area (Å²) in [5.74, 6) is 0.478. The Morgan fingerprint density at radius 3 is 2.60 bits per heavy atom. The number of pyridine rings is 2. The Bertz CT molecular complexity index is 1860. The maximum absolute atomic E-state index is 14.2. The van der Waals surface area contributed by atoms with Crippen LogP contribution in [0.25, 0.3) is 21.7 Å². The zero-order chi connectivity index (χ0) is 32.1. The molecule has 1 atom stereocenters. The van der Waals surface area contributed by atoms with Crippen molar-refractivity contribution >= 4 is 44.7 Å². The monoisotopic (exact) mass is 632 g/mol. The summed E-state index contributed by atoms with van der Waals surface area (Å²) in [7, 11) is 1.57. The van der Waals surface area contributed by atoms with Crippen LogP contribution in [0.1, 0.15) is 57.7 Å². The lowest BCUT2D eigenvalue weighted by molar-refractivity contribution is 0.00252. The number of halogens is 3. The average Bonchev–Trinajstić information content (AvgIpc) is 3.73. The zero-order valence-electron chi connectivity index (χ0n) is 25.7. The number of anilines is 2. The molecule has 1 fully saturated rings. The van der Waals surface area contributed by atoms with Gasteiger partial charge in [0.15, 0.2) is 0 Å². The van der Waals surface area contributed by atoms with Crippen LogP contribution < -0.4 is 26.3 Å². The number of benzene rings is 2. The first-order valence-electron chi connectivity index (χ1n) is 14.7. The standard InChI is InChI=1S/C33H35ClF2N8O/c1-18-26(42-43-44(18)33(10-11-33)31(35)36)29(22-7-6-8-23-21(22)9-12-38-30(23)45-5)41-20-13-24-27(40-17-32(2,3)4)19(15-37)16-39-28(24)25(34)14-20/h6-9,12-14,16,29,31,41-43H,10-11,17H2,1-5H3,(H,39,40)/t29-/m0/s1. The highest BCUT2D eigenvalue weighted by Gasteiger charge is 2.58. The van der Waals surface area contributed by atoms with Gasteiger partial charge in [-0.1, -0.05) is 44.5 Å². The van der Waals surface area contributed by atoms with Crippen molar-refractivity contribution in [2.24, 2.45) is 5.41 Å². The second-order valence-corrected chi connectivity index (χ2v) is 13.1. The van der Waals surface area contributed by atoms with Gasteiger partial charge in [-0.25, -0.2) is 13.8 Å². The smallest absolute Gasteiger partial charge is 0.262 e. The minimum absolute atomic E-state index is 0.0501. The zero-order valence-corrected chi connectivity index (χ0v) is 26.5. The van der Waals surface area contributed by atoms with Crippen molar-refractivity contribution in [2.45, 2.75) is 58.5 Å². The van der Waals surface area contributed by atoms with Crippen molar-refractivity contribution in [3.63, 3.8) is 0 Å². The lowest BCUT2D eigenvalue weighted by atomic mass is 9.95. The molecule has 0 amide bonds. The average molecular weight is 633 g/mol. The van der Waals surface area contributed by atoms with Crippen LogP contribution in [0.15, 0.2) is 60.2 Å². The third-order valence-electron chi connectivity index (χ3n) is 8.39. The van der Waals surface area contributed by atoms with Crippen molar-refractivity contribution in [1.82, 2.24) is 25.9 Å². The van der Waals surface area contributed by atoms with Gasteiger partial charge in [-0.2, -0.15) is 5.26 Å². The van der Waals surface area contributed by atoms with E-state index in [1.807, 2.05) is 37.3 Å². The number of rotatable bonds is 9. The van der Waals surface area contributed by atoms with E-state index < -0.39 is 18.0 Å². The second-order valence-electron chi connectivity index (χ2n) is 12.7. The molecule has 3 heterocycles. The predicted octanol–water partition coefficient (Wildman–Crippen LogP) is 7.28. The number of hydrogen-bond acceptors (Lipinski definition) is 9. The van der Waals surface area contributed by atoms with Crippen LogP contribution in [-0.4, -0.2) is 40.6 Å². The minimum atomic E-state index is -2.51. The molecule has 1 saturated carbocycles. The van der Waals surface area contributed by atoms with Crippen LogP contribution in [0.4, 0.5) is 20.2 Å². The molecule has 0 spiro atoms. The summed E-state index contributed by atoms with van der Waals surface area (Å²) < 4.78 is 34.0. The molecule has 0 saturated heterocycles. The van der Waals surface area contributed by atoms with Crippen LogP contribution in [0.2, 0.25) is 5.02 Å². The van der Waals surface area contributed by atoms with Crippen LogP contribution in [0, 0.1) is 16.7 Å². The van der Waals surface area contributed by atoms with Crippen molar-refractivity contribution in [3.05, 3.63) is 76.3 Å². The fourth-order valence-corrected chi connectivity index (χ4v) is 6.14. The molecular formula is C33H35ClF2N8O. The van der Waals surface area contributed by atoms with Gasteiger partial charge in [0, 0.05) is 35.4 Å². The lowest BCUT2D eigenvalue weighted by Gasteiger charge is -2.29. The molecule has 45 heavy (non-hydrogen) atoms. The lowest BCUT2D eigenvalue weighted by Crippen LogP contribution is -2.49. The van der Waals surface area contributed by atoms with E-state index >= 15 is 0 Å². The molecule has 1 aliphatic heterocycles. The van der Waals surface area contributed by atoms with Gasteiger partial charge in [0.05, 0.1) is 46.3 Å². The Labute approximate surface area is 265 Å². The normalized spacial score (nSPS) is 16.6. The number of aromatic nitrogens is 2. The molecule has 4 aromatic rings. The van der Waals surface area contributed by atoms with Gasteiger partial charge in [-0.3, -0.25) is 9.99 Å². The Morgan fingerprint density at radius 2 is 1.93 bits per heavy atom. The molecule has 6 rings (SSSR count). The topological polar surface area (TPSA) is 110 Å². The molecule has 12 heteroatoms. The molecule has 0 bridgehead atoms. The number of allylic oxidation sites excluding steroid dienone is 1. The van der Waals surface area contributed by atoms with Gasteiger partial charge in [-0.15, -0.1) is 5.53 Å². The van der Waals surface area contributed by atoms with Crippen LogP contribution >= 0.6 is 11.6 Å². The van der Waals surface area contributed by atoms with E-state index in [2.05, 4.69) is 58.4 Å². The van der Waals surface area contributed by atoms with E-state index in [9.17, 15) is 14.0 Å². The van der Waals surface area contributed by atoms with Crippen molar-refractivity contribution in [2.75, 3.05) is 24.3 Å². The molecule has 9 nitrogen and oxygen atoms in total. The van der Waals surface area contributed by atoms with Crippen molar-refractivity contribution < 1.29 is 13.5 Å². The fourth-order valence-electron chi connectivity index (χ4n) is 5.87. The first-order valence-corrected chi connectivity index (χ1v) is 15.1. The number of ether oxygens (including phenoxy) is 1. The quantitative estimate of drug-likeness (QED) is 0.151. The second kappa shape index (κ2) is 11.5. The van der Waals surface area contributed by atoms with E-state index in [0.717, 1.165) is 16.3 Å². The summed E-state index contributed by atoms with van der Waals surface area (Å²) in [5, 5.41) is 21.3. The maximum atomic E-state index is 14.2. The highest BCUT2D eigenvalue weighted by molar-refractivity contribution is 6.35. The van der Waals surface area contributed by atoms with Crippen LogP contribution in [-0.2, 0) is 0 Å². The third-order valence-corrected chi connectivity index (χ3v) is 8.68. The number of nitrogens with zero attached hydrogens (tertiary/aromatic N) is 4. The molecule has 234 valence electrons. The summed E-state index contributed by atoms with van der Waals surface area (Å²) in [5.41, 5.74) is 9.37.